The standard InChI is InChI=1S/C25H25FN2O2/c26-22-12-5-4-8-19(22)18-20-9-6-13-23(27-20)24-14-7-16-28(24)25(29)15-17-30-21-10-2-1-3-11-21/h1-6,8-13,24H,7,14-18H2/t24-/m1/s1. The normalized spacial score (nSPS) is 15.9. The third-order valence-electron chi connectivity index (χ3n) is 5.40. The molecule has 3 aromatic rings. The van der Waals surface area contributed by atoms with E-state index in [-0.39, 0.29) is 17.8 Å². The molecule has 0 radical (unpaired) electrons. The molecule has 1 aromatic heterocycles. The fourth-order valence-electron chi connectivity index (χ4n) is 3.91. The summed E-state index contributed by atoms with van der Waals surface area (Å²) in [5.74, 6) is 0.626. The lowest BCUT2D eigenvalue weighted by Gasteiger charge is -2.25. The zero-order chi connectivity index (χ0) is 20.8. The fourth-order valence-corrected chi connectivity index (χ4v) is 3.91. The highest BCUT2D eigenvalue weighted by Gasteiger charge is 2.30. The molecule has 2 heterocycles. The number of rotatable bonds is 7. The molecular formula is C25H25FN2O2. The van der Waals surface area contributed by atoms with Crippen molar-refractivity contribution in [2.24, 2.45) is 0 Å². The zero-order valence-electron chi connectivity index (χ0n) is 16.8. The lowest BCUT2D eigenvalue weighted by molar-refractivity contribution is -0.132. The minimum Gasteiger partial charge on any atom is -0.493 e. The van der Waals surface area contributed by atoms with Crippen LogP contribution in [0.5, 0.6) is 5.75 Å². The molecule has 0 aliphatic carbocycles. The van der Waals surface area contributed by atoms with Gasteiger partial charge in [-0.2, -0.15) is 0 Å². The number of aromatic nitrogens is 1. The molecule has 0 bridgehead atoms. The van der Waals surface area contributed by atoms with Gasteiger partial charge in [-0.25, -0.2) is 4.39 Å². The third-order valence-corrected chi connectivity index (χ3v) is 5.40. The van der Waals surface area contributed by atoms with E-state index in [0.717, 1.165) is 36.5 Å². The van der Waals surface area contributed by atoms with Gasteiger partial charge in [0.1, 0.15) is 11.6 Å². The molecule has 1 fully saturated rings. The first kappa shape index (κ1) is 20.1. The summed E-state index contributed by atoms with van der Waals surface area (Å²) >= 11 is 0. The maximum Gasteiger partial charge on any atom is 0.226 e. The van der Waals surface area contributed by atoms with Crippen molar-refractivity contribution < 1.29 is 13.9 Å². The number of pyridine rings is 1. The smallest absolute Gasteiger partial charge is 0.226 e. The first-order valence-electron chi connectivity index (χ1n) is 10.4. The van der Waals surface area contributed by atoms with Crippen molar-refractivity contribution in [1.82, 2.24) is 9.88 Å². The van der Waals surface area contributed by atoms with Crippen LogP contribution in [-0.2, 0) is 11.2 Å². The van der Waals surface area contributed by atoms with E-state index in [0.29, 0.717) is 25.0 Å². The summed E-state index contributed by atoms with van der Waals surface area (Å²) in [6, 6.07) is 22.1. The molecule has 1 aliphatic heterocycles. The summed E-state index contributed by atoms with van der Waals surface area (Å²) in [6.07, 6.45) is 2.61. The molecule has 1 saturated heterocycles. The Hall–Kier alpha value is -3.21. The van der Waals surface area contributed by atoms with E-state index in [1.165, 1.54) is 6.07 Å². The van der Waals surface area contributed by atoms with Crippen LogP contribution in [0.1, 0.15) is 42.3 Å². The van der Waals surface area contributed by atoms with Gasteiger partial charge in [-0.05, 0) is 48.7 Å². The number of amides is 1. The molecule has 0 spiro atoms. The van der Waals surface area contributed by atoms with E-state index < -0.39 is 0 Å². The van der Waals surface area contributed by atoms with Crippen LogP contribution < -0.4 is 4.74 Å². The minimum absolute atomic E-state index is 0.0326. The first-order valence-corrected chi connectivity index (χ1v) is 10.4. The van der Waals surface area contributed by atoms with Crippen molar-refractivity contribution in [2.75, 3.05) is 13.2 Å². The first-order chi connectivity index (χ1) is 14.7. The van der Waals surface area contributed by atoms with Crippen molar-refractivity contribution in [3.8, 4) is 5.75 Å². The number of ether oxygens (including phenoxy) is 1. The minimum atomic E-state index is -0.221. The number of nitrogens with zero attached hydrogens (tertiary/aromatic N) is 2. The molecule has 2 aromatic carbocycles. The SMILES string of the molecule is O=C(CCOc1ccccc1)N1CCC[C@@H]1c1cccc(Cc2ccccc2F)n1. The van der Waals surface area contributed by atoms with Gasteiger partial charge in [0.05, 0.1) is 24.8 Å². The summed E-state index contributed by atoms with van der Waals surface area (Å²) in [5.41, 5.74) is 2.31. The van der Waals surface area contributed by atoms with Crippen LogP contribution in [0.15, 0.2) is 72.8 Å². The van der Waals surface area contributed by atoms with Gasteiger partial charge in [-0.15, -0.1) is 0 Å². The Morgan fingerprint density at radius 1 is 1.03 bits per heavy atom. The largest absolute Gasteiger partial charge is 0.493 e. The Morgan fingerprint density at radius 2 is 1.83 bits per heavy atom. The van der Waals surface area contributed by atoms with Crippen LogP contribution >= 0.6 is 0 Å². The molecule has 4 nitrogen and oxygen atoms in total. The summed E-state index contributed by atoms with van der Waals surface area (Å²) in [7, 11) is 0. The molecule has 5 heteroatoms. The van der Waals surface area contributed by atoms with Crippen molar-refractivity contribution in [2.45, 2.75) is 31.7 Å². The van der Waals surface area contributed by atoms with Gasteiger partial charge in [0.2, 0.25) is 5.91 Å². The summed E-state index contributed by atoms with van der Waals surface area (Å²) in [5, 5.41) is 0. The Kier molecular flexibility index (Phi) is 6.38. The number of carbonyl (C=O) groups excluding carboxylic acids is 1. The number of carbonyl (C=O) groups is 1. The van der Waals surface area contributed by atoms with Gasteiger partial charge < -0.3 is 9.64 Å². The molecule has 0 saturated carbocycles. The van der Waals surface area contributed by atoms with E-state index in [4.69, 9.17) is 9.72 Å². The number of halogens is 1. The maximum absolute atomic E-state index is 14.0. The van der Waals surface area contributed by atoms with Crippen molar-refractivity contribution >= 4 is 5.91 Å². The molecule has 1 amide bonds. The van der Waals surface area contributed by atoms with Crippen molar-refractivity contribution in [3.63, 3.8) is 0 Å². The van der Waals surface area contributed by atoms with Crippen molar-refractivity contribution in [3.05, 3.63) is 95.6 Å². The second-order valence-electron chi connectivity index (χ2n) is 7.48. The maximum atomic E-state index is 14.0. The molecule has 1 aliphatic rings. The number of likely N-dealkylation sites (tertiary alicyclic amines) is 1. The predicted molar refractivity (Wildman–Crippen MR) is 114 cm³/mol. The second-order valence-corrected chi connectivity index (χ2v) is 7.48. The number of hydrogen-bond donors (Lipinski definition) is 0. The van der Waals surface area contributed by atoms with E-state index in [9.17, 15) is 9.18 Å². The monoisotopic (exact) mass is 404 g/mol. The quantitative estimate of drug-likeness (QED) is 0.560. The third kappa shape index (κ3) is 4.85. The number of para-hydroxylation sites is 1. The van der Waals surface area contributed by atoms with Crippen LogP contribution in [0.4, 0.5) is 4.39 Å². The Morgan fingerprint density at radius 3 is 2.67 bits per heavy atom. The van der Waals surface area contributed by atoms with Gasteiger partial charge in [0.25, 0.3) is 0 Å². The van der Waals surface area contributed by atoms with E-state index in [1.807, 2.05) is 59.5 Å². The molecule has 154 valence electrons. The Labute approximate surface area is 176 Å². The predicted octanol–water partition coefficient (Wildman–Crippen LogP) is 4.94. The summed E-state index contributed by atoms with van der Waals surface area (Å²) in [4.78, 5) is 19.5. The van der Waals surface area contributed by atoms with Gasteiger partial charge in [-0.3, -0.25) is 9.78 Å². The molecule has 0 unspecified atom stereocenters. The zero-order valence-corrected chi connectivity index (χ0v) is 16.8. The van der Waals surface area contributed by atoms with Crippen LogP contribution in [-0.4, -0.2) is 28.9 Å². The van der Waals surface area contributed by atoms with Crippen molar-refractivity contribution in [1.29, 1.82) is 0 Å². The lowest BCUT2D eigenvalue weighted by Crippen LogP contribution is -2.32. The molecule has 1 atom stereocenters. The van der Waals surface area contributed by atoms with Crippen LogP contribution in [0.3, 0.4) is 0 Å². The molecular weight excluding hydrogens is 379 g/mol. The molecule has 30 heavy (non-hydrogen) atoms. The van der Waals surface area contributed by atoms with Crippen LogP contribution in [0.2, 0.25) is 0 Å². The van der Waals surface area contributed by atoms with Gasteiger partial charge in [0, 0.05) is 18.7 Å². The number of hydrogen-bond acceptors (Lipinski definition) is 3. The fraction of sp³-hybridized carbons (Fsp3) is 0.280. The molecule has 0 N–H and O–H groups in total. The Bertz CT molecular complexity index is 993. The highest BCUT2D eigenvalue weighted by atomic mass is 19.1. The topological polar surface area (TPSA) is 42.4 Å². The second kappa shape index (κ2) is 9.53. The lowest BCUT2D eigenvalue weighted by atomic mass is 10.1. The average Bonchev–Trinajstić information content (AvgIpc) is 3.26. The highest BCUT2D eigenvalue weighted by Crippen LogP contribution is 2.31. The highest BCUT2D eigenvalue weighted by molar-refractivity contribution is 5.77. The summed E-state index contributed by atoms with van der Waals surface area (Å²) < 4.78 is 19.7. The van der Waals surface area contributed by atoms with Gasteiger partial charge in [0.15, 0.2) is 0 Å². The average molecular weight is 404 g/mol. The van der Waals surface area contributed by atoms with E-state index in [2.05, 4.69) is 0 Å². The van der Waals surface area contributed by atoms with Crippen LogP contribution in [0, 0.1) is 5.82 Å². The summed E-state index contributed by atoms with van der Waals surface area (Å²) in [6.45, 7) is 1.08. The van der Waals surface area contributed by atoms with Gasteiger partial charge >= 0.3 is 0 Å². The van der Waals surface area contributed by atoms with E-state index in [1.54, 1.807) is 12.1 Å². The van der Waals surface area contributed by atoms with E-state index >= 15 is 0 Å². The Balaban J connectivity index is 1.40. The molecule has 4 rings (SSSR count). The number of benzene rings is 2. The van der Waals surface area contributed by atoms with Crippen LogP contribution in [0.25, 0.3) is 0 Å². The van der Waals surface area contributed by atoms with Gasteiger partial charge in [-0.1, -0.05) is 42.5 Å².